The van der Waals surface area contributed by atoms with E-state index in [1.165, 1.54) is 0 Å². The number of nitrogens with zero attached hydrogens (tertiary/aromatic N) is 1. The van der Waals surface area contributed by atoms with Crippen LogP contribution in [0.15, 0.2) is 48.5 Å². The number of hydrogen-bond donors (Lipinski definition) is 1. The van der Waals surface area contributed by atoms with Crippen molar-refractivity contribution in [3.63, 3.8) is 0 Å². The van der Waals surface area contributed by atoms with Crippen LogP contribution in [0.2, 0.25) is 0 Å². The van der Waals surface area contributed by atoms with Crippen molar-refractivity contribution in [1.29, 1.82) is 0 Å². The molecule has 24 heavy (non-hydrogen) atoms. The highest BCUT2D eigenvalue weighted by molar-refractivity contribution is 5.96. The summed E-state index contributed by atoms with van der Waals surface area (Å²) in [6.45, 7) is 4.91. The van der Waals surface area contributed by atoms with Crippen LogP contribution in [0.4, 0.5) is 5.69 Å². The van der Waals surface area contributed by atoms with Crippen molar-refractivity contribution in [2.24, 2.45) is 0 Å². The van der Waals surface area contributed by atoms with Gasteiger partial charge in [-0.05, 0) is 44.0 Å². The van der Waals surface area contributed by atoms with Crippen molar-refractivity contribution >= 4 is 11.6 Å². The molecule has 0 bridgehead atoms. The summed E-state index contributed by atoms with van der Waals surface area (Å²) < 4.78 is 5.43. The van der Waals surface area contributed by atoms with Gasteiger partial charge in [0, 0.05) is 17.8 Å². The molecule has 1 amide bonds. The third-order valence-electron chi connectivity index (χ3n) is 4.49. The van der Waals surface area contributed by atoms with Gasteiger partial charge in [-0.1, -0.05) is 30.3 Å². The van der Waals surface area contributed by atoms with E-state index in [1.807, 2.05) is 55.5 Å². The minimum Gasteiger partial charge on any atom is -0.494 e. The maximum absolute atomic E-state index is 12.8. The predicted molar refractivity (Wildman–Crippen MR) is 94.3 cm³/mol. The summed E-state index contributed by atoms with van der Waals surface area (Å²) in [6.07, 6.45) is 0.877. The van der Waals surface area contributed by atoms with Gasteiger partial charge in [-0.3, -0.25) is 4.79 Å². The molecule has 4 nitrogen and oxygen atoms in total. The topological polar surface area (TPSA) is 49.8 Å². The third-order valence-corrected chi connectivity index (χ3v) is 4.49. The van der Waals surface area contributed by atoms with Crippen LogP contribution in [0, 0.1) is 0 Å². The smallest absolute Gasteiger partial charge is 0.231 e. The Hall–Kier alpha value is -2.33. The molecule has 1 unspecified atom stereocenters. The van der Waals surface area contributed by atoms with Crippen molar-refractivity contribution in [3.8, 4) is 5.75 Å². The Morgan fingerprint density at radius 1 is 1.21 bits per heavy atom. The molecular weight excluding hydrogens is 302 g/mol. The highest BCUT2D eigenvalue weighted by Crippen LogP contribution is 2.38. The zero-order valence-corrected chi connectivity index (χ0v) is 14.2. The largest absolute Gasteiger partial charge is 0.494 e. The van der Waals surface area contributed by atoms with Crippen molar-refractivity contribution in [3.05, 3.63) is 59.7 Å². The van der Waals surface area contributed by atoms with Crippen molar-refractivity contribution in [2.75, 3.05) is 18.1 Å². The zero-order chi connectivity index (χ0) is 17.2. The van der Waals surface area contributed by atoms with Crippen LogP contribution in [0.3, 0.4) is 0 Å². The third kappa shape index (κ3) is 3.29. The van der Waals surface area contributed by atoms with E-state index >= 15 is 0 Å². The van der Waals surface area contributed by atoms with Crippen LogP contribution in [0.5, 0.6) is 5.75 Å². The molecule has 0 saturated carbocycles. The lowest BCUT2D eigenvalue weighted by Crippen LogP contribution is -2.42. The van der Waals surface area contributed by atoms with Gasteiger partial charge in [0.05, 0.1) is 18.6 Å². The molecule has 2 aromatic carbocycles. The number of para-hydroxylation sites is 1. The Morgan fingerprint density at radius 2 is 1.92 bits per heavy atom. The molecular formula is C20H23NO3. The lowest BCUT2D eigenvalue weighted by Gasteiger charge is -2.38. The van der Waals surface area contributed by atoms with Crippen LogP contribution in [-0.2, 0) is 16.8 Å². The summed E-state index contributed by atoms with van der Waals surface area (Å²) in [5.41, 5.74) is 1.70. The second-order valence-corrected chi connectivity index (χ2v) is 6.34. The number of ether oxygens (including phenoxy) is 1. The fourth-order valence-electron chi connectivity index (χ4n) is 3.15. The highest BCUT2D eigenvalue weighted by atomic mass is 16.5. The van der Waals surface area contributed by atoms with Crippen molar-refractivity contribution in [1.82, 2.24) is 0 Å². The summed E-state index contributed by atoms with van der Waals surface area (Å²) in [5, 5.41) is 10.5. The summed E-state index contributed by atoms with van der Waals surface area (Å²) >= 11 is 0. The van der Waals surface area contributed by atoms with Gasteiger partial charge >= 0.3 is 0 Å². The molecule has 0 radical (unpaired) electrons. The molecule has 2 aromatic rings. The summed E-state index contributed by atoms with van der Waals surface area (Å²) in [5.74, 6) is 0.857. The van der Waals surface area contributed by atoms with Gasteiger partial charge in [-0.25, -0.2) is 0 Å². The first kappa shape index (κ1) is 16.5. The Labute approximate surface area is 142 Å². The molecule has 1 heterocycles. The van der Waals surface area contributed by atoms with Gasteiger partial charge in [-0.2, -0.15) is 0 Å². The molecule has 0 spiro atoms. The molecule has 1 atom stereocenters. The minimum absolute atomic E-state index is 0.0436. The van der Waals surface area contributed by atoms with E-state index in [2.05, 4.69) is 0 Å². The van der Waals surface area contributed by atoms with Crippen molar-refractivity contribution in [2.45, 2.75) is 32.3 Å². The number of hydrogen-bond acceptors (Lipinski definition) is 3. The first-order chi connectivity index (χ1) is 11.5. The summed E-state index contributed by atoms with van der Waals surface area (Å²) in [4.78, 5) is 14.5. The number of amides is 1. The number of anilines is 1. The molecule has 1 aliphatic rings. The van der Waals surface area contributed by atoms with E-state index in [0.717, 1.165) is 22.6 Å². The molecule has 3 rings (SSSR count). The van der Waals surface area contributed by atoms with Crippen LogP contribution < -0.4 is 9.64 Å². The first-order valence-electron chi connectivity index (χ1n) is 8.35. The molecule has 0 fully saturated rings. The maximum atomic E-state index is 12.8. The SMILES string of the molecule is CCOc1ccc(CC(=O)N2CCC(C)(O)c3ccccc32)cc1. The average molecular weight is 325 g/mol. The van der Waals surface area contributed by atoms with Gasteiger partial charge in [-0.15, -0.1) is 0 Å². The van der Waals surface area contributed by atoms with Gasteiger partial charge in [0.1, 0.15) is 5.75 Å². The quantitative estimate of drug-likeness (QED) is 0.938. The maximum Gasteiger partial charge on any atom is 0.231 e. The normalized spacial score (nSPS) is 19.7. The summed E-state index contributed by atoms with van der Waals surface area (Å²) in [6, 6.07) is 15.2. The van der Waals surface area contributed by atoms with Crippen LogP contribution in [0.25, 0.3) is 0 Å². The molecule has 0 aromatic heterocycles. The molecule has 126 valence electrons. The van der Waals surface area contributed by atoms with Crippen LogP contribution >= 0.6 is 0 Å². The number of fused-ring (bicyclic) bond motifs is 1. The van der Waals surface area contributed by atoms with E-state index in [4.69, 9.17) is 4.74 Å². The fraction of sp³-hybridized carbons (Fsp3) is 0.350. The monoisotopic (exact) mass is 325 g/mol. The van der Waals surface area contributed by atoms with Gasteiger partial charge in [0.2, 0.25) is 5.91 Å². The van der Waals surface area contributed by atoms with Crippen LogP contribution in [-0.4, -0.2) is 24.2 Å². The number of rotatable bonds is 4. The Morgan fingerprint density at radius 3 is 2.62 bits per heavy atom. The lowest BCUT2D eigenvalue weighted by molar-refractivity contribution is -0.118. The number of benzene rings is 2. The standard InChI is InChI=1S/C20H23NO3/c1-3-24-16-10-8-15(9-11-16)14-19(22)21-13-12-20(2,23)17-6-4-5-7-18(17)21/h4-11,23H,3,12-14H2,1-2H3. The van der Waals surface area contributed by atoms with E-state index in [1.54, 1.807) is 11.8 Å². The highest BCUT2D eigenvalue weighted by Gasteiger charge is 2.34. The molecule has 4 heteroatoms. The van der Waals surface area contributed by atoms with E-state index in [9.17, 15) is 9.90 Å². The van der Waals surface area contributed by atoms with Crippen molar-refractivity contribution < 1.29 is 14.6 Å². The van der Waals surface area contributed by atoms with Gasteiger partial charge in [0.25, 0.3) is 0 Å². The minimum atomic E-state index is -0.882. The zero-order valence-electron chi connectivity index (χ0n) is 14.2. The molecule has 1 N–H and O–H groups in total. The average Bonchev–Trinajstić information content (AvgIpc) is 2.57. The van der Waals surface area contributed by atoms with E-state index in [-0.39, 0.29) is 5.91 Å². The fourth-order valence-corrected chi connectivity index (χ4v) is 3.15. The van der Waals surface area contributed by atoms with Gasteiger partial charge in [0.15, 0.2) is 0 Å². The van der Waals surface area contributed by atoms with E-state index < -0.39 is 5.60 Å². The Balaban J connectivity index is 1.78. The summed E-state index contributed by atoms with van der Waals surface area (Å²) in [7, 11) is 0. The number of carbonyl (C=O) groups is 1. The molecule has 0 aliphatic carbocycles. The molecule has 1 aliphatic heterocycles. The predicted octanol–water partition coefficient (Wildman–Crippen LogP) is 3.27. The second kappa shape index (κ2) is 6.65. The first-order valence-corrected chi connectivity index (χ1v) is 8.35. The Bertz CT molecular complexity index is 722. The number of aliphatic hydroxyl groups is 1. The number of carbonyl (C=O) groups excluding carboxylic acids is 1. The van der Waals surface area contributed by atoms with Crippen LogP contribution in [0.1, 0.15) is 31.4 Å². The lowest BCUT2D eigenvalue weighted by atomic mass is 9.87. The second-order valence-electron chi connectivity index (χ2n) is 6.34. The Kier molecular flexibility index (Phi) is 4.58. The molecule has 0 saturated heterocycles. The van der Waals surface area contributed by atoms with E-state index in [0.29, 0.717) is 26.0 Å². The van der Waals surface area contributed by atoms with Gasteiger partial charge < -0.3 is 14.7 Å².